The summed E-state index contributed by atoms with van der Waals surface area (Å²) < 4.78 is 5.11. The van der Waals surface area contributed by atoms with Gasteiger partial charge >= 0.3 is 5.97 Å². The lowest BCUT2D eigenvalue weighted by molar-refractivity contribution is -0.147. The molecule has 0 heterocycles. The van der Waals surface area contributed by atoms with Gasteiger partial charge in [0.25, 0.3) is 0 Å². The van der Waals surface area contributed by atoms with E-state index in [1.54, 1.807) is 55.5 Å². The van der Waals surface area contributed by atoms with Gasteiger partial charge in [-0.05, 0) is 24.6 Å². The number of rotatable bonds is 5. The number of nitriles is 1. The molecule has 3 atom stereocenters. The van der Waals surface area contributed by atoms with Gasteiger partial charge in [-0.15, -0.1) is 0 Å². The maximum Gasteiger partial charge on any atom is 0.327 e. The minimum atomic E-state index is -1.49. The van der Waals surface area contributed by atoms with Crippen molar-refractivity contribution >= 4 is 23.4 Å². The van der Waals surface area contributed by atoms with Crippen molar-refractivity contribution in [2.75, 3.05) is 6.61 Å². The van der Waals surface area contributed by atoms with Gasteiger partial charge < -0.3 is 4.74 Å². The van der Waals surface area contributed by atoms with Crippen LogP contribution >= 0.6 is 11.6 Å². The first-order valence-corrected chi connectivity index (χ1v) is 8.37. The fourth-order valence-electron chi connectivity index (χ4n) is 3.34. The smallest absolute Gasteiger partial charge is 0.327 e. The maximum atomic E-state index is 13.0. The zero-order valence-corrected chi connectivity index (χ0v) is 14.4. The van der Waals surface area contributed by atoms with Crippen LogP contribution in [0.1, 0.15) is 28.8 Å². The number of hydrogen-bond donors (Lipinski definition) is 0. The van der Waals surface area contributed by atoms with E-state index in [0.29, 0.717) is 10.6 Å². The predicted octanol–water partition coefficient (Wildman–Crippen LogP) is 4.01. The van der Waals surface area contributed by atoms with Gasteiger partial charge in [0.15, 0.2) is 11.2 Å². The molecule has 0 radical (unpaired) electrons. The zero-order valence-electron chi connectivity index (χ0n) is 13.6. The topological polar surface area (TPSA) is 67.2 Å². The van der Waals surface area contributed by atoms with E-state index in [9.17, 15) is 14.9 Å². The first kappa shape index (κ1) is 17.2. The Balaban J connectivity index is 2.04. The molecule has 0 aromatic heterocycles. The molecule has 0 unspecified atom stereocenters. The number of benzene rings is 2. The monoisotopic (exact) mass is 353 g/mol. The van der Waals surface area contributed by atoms with Gasteiger partial charge in [-0.2, -0.15) is 5.26 Å². The van der Waals surface area contributed by atoms with Crippen molar-refractivity contribution in [2.45, 2.75) is 12.8 Å². The Hall–Kier alpha value is -2.64. The van der Waals surface area contributed by atoms with Crippen LogP contribution in [0.25, 0.3) is 0 Å². The lowest BCUT2D eigenvalue weighted by Gasteiger charge is -2.08. The van der Waals surface area contributed by atoms with Gasteiger partial charge in [0, 0.05) is 16.5 Å². The number of hydrogen-bond acceptors (Lipinski definition) is 4. The summed E-state index contributed by atoms with van der Waals surface area (Å²) in [6, 6.07) is 17.6. The van der Waals surface area contributed by atoms with Crippen LogP contribution in [-0.4, -0.2) is 18.4 Å². The molecule has 5 heteroatoms. The molecule has 0 bridgehead atoms. The van der Waals surface area contributed by atoms with Crippen LogP contribution in [0.15, 0.2) is 54.6 Å². The summed E-state index contributed by atoms with van der Waals surface area (Å²) in [5.74, 6) is -2.18. The molecule has 0 saturated heterocycles. The molecule has 1 aliphatic carbocycles. The van der Waals surface area contributed by atoms with Gasteiger partial charge in [-0.25, -0.2) is 0 Å². The molecule has 1 aliphatic rings. The zero-order chi connectivity index (χ0) is 18.0. The average molecular weight is 354 g/mol. The van der Waals surface area contributed by atoms with Gasteiger partial charge in [0.1, 0.15) is 0 Å². The highest BCUT2D eigenvalue weighted by molar-refractivity contribution is 6.30. The molecule has 0 spiro atoms. The van der Waals surface area contributed by atoms with Crippen molar-refractivity contribution in [2.24, 2.45) is 11.3 Å². The van der Waals surface area contributed by atoms with Crippen molar-refractivity contribution in [3.8, 4) is 6.07 Å². The summed E-state index contributed by atoms with van der Waals surface area (Å²) in [6.45, 7) is 1.83. The molecule has 0 N–H and O–H groups in total. The van der Waals surface area contributed by atoms with E-state index in [2.05, 4.69) is 6.07 Å². The molecule has 25 heavy (non-hydrogen) atoms. The first-order chi connectivity index (χ1) is 12.1. The lowest BCUT2D eigenvalue weighted by atomic mass is 9.99. The lowest BCUT2D eigenvalue weighted by Crippen LogP contribution is -2.23. The Bertz CT molecular complexity index is 841. The number of Topliss-reactive ketones (excluding diaryl/α,β-unsaturated/α-hetero) is 1. The Morgan fingerprint density at radius 1 is 1.16 bits per heavy atom. The number of esters is 1. The number of ketones is 1. The fraction of sp³-hybridized carbons (Fsp3) is 0.250. The minimum absolute atomic E-state index is 0.155. The molecule has 0 amide bonds. The highest BCUT2D eigenvalue weighted by atomic mass is 35.5. The van der Waals surface area contributed by atoms with Crippen LogP contribution in [0.3, 0.4) is 0 Å². The molecular weight excluding hydrogens is 338 g/mol. The van der Waals surface area contributed by atoms with E-state index >= 15 is 0 Å². The highest BCUT2D eigenvalue weighted by Crippen LogP contribution is 2.66. The number of nitrogens with zero attached hydrogens (tertiary/aromatic N) is 1. The molecule has 2 aromatic carbocycles. The molecule has 4 nitrogen and oxygen atoms in total. The van der Waals surface area contributed by atoms with E-state index in [1.807, 2.05) is 6.07 Å². The minimum Gasteiger partial charge on any atom is -0.465 e. The van der Waals surface area contributed by atoms with Crippen LogP contribution in [0.4, 0.5) is 0 Å². The Morgan fingerprint density at radius 2 is 1.80 bits per heavy atom. The molecule has 2 aromatic rings. The standard InChI is InChI=1S/C20H16ClNO3/c1-2-25-19(24)20(12-22)16(13-8-10-15(21)11-9-13)17(20)18(23)14-6-4-3-5-7-14/h3-11,16-17H,2H2,1H3/t16-,17+,20-/m1/s1. The van der Waals surface area contributed by atoms with E-state index in [0.717, 1.165) is 5.56 Å². The summed E-state index contributed by atoms with van der Waals surface area (Å²) in [5.41, 5.74) is -0.280. The second-order valence-corrected chi connectivity index (χ2v) is 6.37. The quantitative estimate of drug-likeness (QED) is 0.601. The largest absolute Gasteiger partial charge is 0.465 e. The Labute approximate surface area is 151 Å². The fourth-order valence-corrected chi connectivity index (χ4v) is 3.47. The third kappa shape index (κ3) is 2.81. The normalized spacial score (nSPS) is 24.2. The number of halogens is 1. The van der Waals surface area contributed by atoms with Crippen molar-refractivity contribution in [3.05, 3.63) is 70.7 Å². The Morgan fingerprint density at radius 3 is 2.36 bits per heavy atom. The first-order valence-electron chi connectivity index (χ1n) is 7.99. The SMILES string of the molecule is CCOC(=O)[C@@]1(C#N)[C@H](C(=O)c2ccccc2)[C@H]1c1ccc(Cl)cc1. The van der Waals surface area contributed by atoms with Crippen LogP contribution < -0.4 is 0 Å². The van der Waals surface area contributed by atoms with Crippen LogP contribution in [0.2, 0.25) is 5.02 Å². The van der Waals surface area contributed by atoms with Gasteiger partial charge in [0.05, 0.1) is 18.6 Å². The summed E-state index contributed by atoms with van der Waals surface area (Å²) in [7, 11) is 0. The molecular formula is C20H16ClNO3. The van der Waals surface area contributed by atoms with Crippen molar-refractivity contribution < 1.29 is 14.3 Å². The maximum absolute atomic E-state index is 13.0. The number of carbonyl (C=O) groups excluding carboxylic acids is 2. The third-order valence-corrected chi connectivity index (χ3v) is 4.83. The molecule has 1 saturated carbocycles. The van der Waals surface area contributed by atoms with E-state index in [-0.39, 0.29) is 12.4 Å². The molecule has 1 fully saturated rings. The third-order valence-electron chi connectivity index (χ3n) is 4.57. The average Bonchev–Trinajstić information content (AvgIpc) is 3.33. The van der Waals surface area contributed by atoms with Crippen molar-refractivity contribution in [3.63, 3.8) is 0 Å². The summed E-state index contributed by atoms with van der Waals surface area (Å²) in [4.78, 5) is 25.5. The highest BCUT2D eigenvalue weighted by Gasteiger charge is 2.75. The van der Waals surface area contributed by atoms with Gasteiger partial charge in [0.2, 0.25) is 0 Å². The summed E-state index contributed by atoms with van der Waals surface area (Å²) in [5, 5.41) is 10.3. The van der Waals surface area contributed by atoms with Crippen LogP contribution in [0.5, 0.6) is 0 Å². The van der Waals surface area contributed by atoms with E-state index < -0.39 is 23.2 Å². The Kier molecular flexibility index (Phi) is 4.61. The van der Waals surface area contributed by atoms with Crippen molar-refractivity contribution in [1.82, 2.24) is 0 Å². The number of ether oxygens (including phenoxy) is 1. The predicted molar refractivity (Wildman–Crippen MR) is 93.1 cm³/mol. The van der Waals surface area contributed by atoms with Gasteiger partial charge in [-0.3, -0.25) is 9.59 Å². The molecule has 3 rings (SSSR count). The second kappa shape index (κ2) is 6.70. The molecule has 126 valence electrons. The number of carbonyl (C=O) groups is 2. The van der Waals surface area contributed by atoms with Crippen LogP contribution in [0, 0.1) is 22.7 Å². The summed E-state index contributed by atoms with van der Waals surface area (Å²) in [6.07, 6.45) is 0. The van der Waals surface area contributed by atoms with E-state index in [4.69, 9.17) is 16.3 Å². The van der Waals surface area contributed by atoms with Crippen molar-refractivity contribution in [1.29, 1.82) is 5.26 Å². The second-order valence-electron chi connectivity index (χ2n) is 5.94. The van der Waals surface area contributed by atoms with Gasteiger partial charge in [-0.1, -0.05) is 54.1 Å². The summed E-state index contributed by atoms with van der Waals surface area (Å²) >= 11 is 5.93. The van der Waals surface area contributed by atoms with E-state index in [1.165, 1.54) is 0 Å². The molecule has 0 aliphatic heterocycles. The van der Waals surface area contributed by atoms with Crippen LogP contribution in [-0.2, 0) is 9.53 Å².